The summed E-state index contributed by atoms with van der Waals surface area (Å²) < 4.78 is 5.04. The first-order valence-corrected chi connectivity index (χ1v) is 8.28. The molecule has 138 valence electrons. The van der Waals surface area contributed by atoms with Gasteiger partial charge in [0.05, 0.1) is 0 Å². The molecule has 1 amide bonds. The molecule has 2 heterocycles. The Bertz CT molecular complexity index is 606. The smallest absolute Gasteiger partial charge is 0.408 e. The molecule has 0 radical (unpaired) electrons. The van der Waals surface area contributed by atoms with Gasteiger partial charge in [0.2, 0.25) is 0 Å². The van der Waals surface area contributed by atoms with Crippen LogP contribution in [0.2, 0.25) is 0 Å². The molecule has 0 saturated carbocycles. The van der Waals surface area contributed by atoms with Crippen molar-refractivity contribution in [1.29, 1.82) is 0 Å². The zero-order valence-corrected chi connectivity index (χ0v) is 14.7. The van der Waals surface area contributed by atoms with Crippen LogP contribution in [0.5, 0.6) is 0 Å². The number of nitrogens with zero attached hydrogens (tertiary/aromatic N) is 2. The van der Waals surface area contributed by atoms with E-state index in [0.29, 0.717) is 5.56 Å². The molecule has 1 aromatic heterocycles. The highest BCUT2D eigenvalue weighted by atomic mass is 16.6. The summed E-state index contributed by atoms with van der Waals surface area (Å²) in [5.41, 5.74) is -0.455. The first-order valence-electron chi connectivity index (χ1n) is 8.28. The van der Waals surface area contributed by atoms with E-state index in [1.165, 1.54) is 6.20 Å². The summed E-state index contributed by atoms with van der Waals surface area (Å²) in [4.78, 5) is 29.7. The normalized spacial score (nSPS) is 17.0. The molecule has 2 atom stereocenters. The number of amides is 1. The van der Waals surface area contributed by atoms with Gasteiger partial charge >= 0.3 is 12.1 Å². The van der Waals surface area contributed by atoms with Gasteiger partial charge in [-0.05, 0) is 39.7 Å². The number of nitrogens with one attached hydrogen (secondary N) is 1. The number of hydrogen-bond acceptors (Lipinski definition) is 6. The van der Waals surface area contributed by atoms with E-state index in [0.717, 1.165) is 31.7 Å². The molecule has 0 aromatic carbocycles. The van der Waals surface area contributed by atoms with Crippen molar-refractivity contribution in [3.63, 3.8) is 0 Å². The fraction of sp³-hybridized carbons (Fsp3) is 0.588. The van der Waals surface area contributed by atoms with Crippen LogP contribution in [-0.4, -0.2) is 52.0 Å². The molecule has 25 heavy (non-hydrogen) atoms. The van der Waals surface area contributed by atoms with Crippen LogP contribution in [0.4, 0.5) is 10.6 Å². The largest absolute Gasteiger partial charge is 0.480 e. The van der Waals surface area contributed by atoms with Gasteiger partial charge in [-0.25, -0.2) is 14.6 Å². The Morgan fingerprint density at radius 3 is 2.40 bits per heavy atom. The lowest BCUT2D eigenvalue weighted by Gasteiger charge is -2.24. The van der Waals surface area contributed by atoms with Crippen LogP contribution in [0.1, 0.15) is 45.3 Å². The van der Waals surface area contributed by atoms with E-state index >= 15 is 0 Å². The number of carbonyl (C=O) groups excluding carboxylic acids is 1. The molecule has 0 spiro atoms. The first-order chi connectivity index (χ1) is 11.7. The molecule has 8 nitrogen and oxygen atoms in total. The summed E-state index contributed by atoms with van der Waals surface area (Å²) in [6, 6.07) is 1.84. The molecule has 1 aliphatic rings. The highest BCUT2D eigenvalue weighted by Crippen LogP contribution is 2.22. The second-order valence-corrected chi connectivity index (χ2v) is 7.05. The van der Waals surface area contributed by atoms with Crippen LogP contribution >= 0.6 is 0 Å². The maximum Gasteiger partial charge on any atom is 0.408 e. The van der Waals surface area contributed by atoms with Gasteiger partial charge < -0.3 is 25.2 Å². The number of aliphatic hydroxyl groups excluding tert-OH is 1. The molecule has 3 N–H and O–H groups in total. The molecule has 0 bridgehead atoms. The van der Waals surface area contributed by atoms with E-state index in [1.54, 1.807) is 32.9 Å². The highest BCUT2D eigenvalue weighted by molar-refractivity contribution is 5.80. The third-order valence-electron chi connectivity index (χ3n) is 3.80. The van der Waals surface area contributed by atoms with Gasteiger partial charge in [-0.3, -0.25) is 0 Å². The van der Waals surface area contributed by atoms with Crippen LogP contribution in [0.3, 0.4) is 0 Å². The van der Waals surface area contributed by atoms with Crippen LogP contribution in [0.15, 0.2) is 18.3 Å². The number of aliphatic hydroxyl groups is 1. The lowest BCUT2D eigenvalue weighted by atomic mass is 10.0. The number of alkyl carbamates (subject to hydrolysis) is 1. The van der Waals surface area contributed by atoms with Crippen LogP contribution in [0.25, 0.3) is 0 Å². The fourth-order valence-electron chi connectivity index (χ4n) is 2.61. The molecule has 1 fully saturated rings. The molecule has 8 heteroatoms. The number of pyridine rings is 1. The van der Waals surface area contributed by atoms with Gasteiger partial charge in [0.25, 0.3) is 0 Å². The Balaban J connectivity index is 2.07. The van der Waals surface area contributed by atoms with E-state index in [2.05, 4.69) is 15.2 Å². The van der Waals surface area contributed by atoms with E-state index < -0.39 is 29.8 Å². The maximum absolute atomic E-state index is 11.8. The second kappa shape index (κ2) is 7.69. The number of carboxylic acids is 1. The van der Waals surface area contributed by atoms with Crippen molar-refractivity contribution in [2.24, 2.45) is 0 Å². The molecule has 1 aromatic rings. The summed E-state index contributed by atoms with van der Waals surface area (Å²) in [5, 5.41) is 21.9. The van der Waals surface area contributed by atoms with Crippen molar-refractivity contribution >= 4 is 17.9 Å². The maximum atomic E-state index is 11.8. The standard InChI is InChI=1S/C17H25N3O5/c1-17(2,3)25-16(24)19-13(15(22)23)14(21)11-6-7-12(18-10-11)20-8-4-5-9-20/h6-7,10,13-14,21H,4-5,8-9H2,1-3H3,(H,19,24)(H,22,23). The molecule has 1 aliphatic heterocycles. The number of carboxylic acid groups (broad SMARTS) is 1. The van der Waals surface area contributed by atoms with Gasteiger partial charge in [0, 0.05) is 24.8 Å². The van der Waals surface area contributed by atoms with Gasteiger partial charge in [-0.2, -0.15) is 0 Å². The summed E-state index contributed by atoms with van der Waals surface area (Å²) in [6.07, 6.45) is 1.33. The van der Waals surface area contributed by atoms with Crippen molar-refractivity contribution < 1.29 is 24.5 Å². The van der Waals surface area contributed by atoms with Crippen molar-refractivity contribution in [3.05, 3.63) is 23.9 Å². The third kappa shape index (κ3) is 5.32. The molecular weight excluding hydrogens is 326 g/mol. The lowest BCUT2D eigenvalue weighted by molar-refractivity contribution is -0.142. The summed E-state index contributed by atoms with van der Waals surface area (Å²) in [5.74, 6) is -0.567. The monoisotopic (exact) mass is 351 g/mol. The van der Waals surface area contributed by atoms with Crippen molar-refractivity contribution in [2.75, 3.05) is 18.0 Å². The van der Waals surface area contributed by atoms with Crippen molar-refractivity contribution in [2.45, 2.75) is 51.4 Å². The van der Waals surface area contributed by atoms with Crippen LogP contribution < -0.4 is 10.2 Å². The number of rotatable bonds is 5. The van der Waals surface area contributed by atoms with Gasteiger partial charge in [0.1, 0.15) is 17.5 Å². The SMILES string of the molecule is CC(C)(C)OC(=O)NC(C(=O)O)C(O)c1ccc(N2CCCC2)nc1. The van der Waals surface area contributed by atoms with E-state index in [4.69, 9.17) is 4.74 Å². The van der Waals surface area contributed by atoms with Gasteiger partial charge in [-0.15, -0.1) is 0 Å². The minimum Gasteiger partial charge on any atom is -0.480 e. The fourth-order valence-corrected chi connectivity index (χ4v) is 2.61. The second-order valence-electron chi connectivity index (χ2n) is 7.05. The molecule has 2 rings (SSSR count). The Morgan fingerprint density at radius 1 is 1.28 bits per heavy atom. The van der Waals surface area contributed by atoms with Crippen molar-refractivity contribution in [3.8, 4) is 0 Å². The Hall–Kier alpha value is -2.35. The van der Waals surface area contributed by atoms with Crippen LogP contribution in [-0.2, 0) is 9.53 Å². The van der Waals surface area contributed by atoms with Crippen LogP contribution in [0, 0.1) is 0 Å². The van der Waals surface area contributed by atoms with Gasteiger partial charge in [0.15, 0.2) is 6.04 Å². The van der Waals surface area contributed by atoms with Crippen molar-refractivity contribution in [1.82, 2.24) is 10.3 Å². The summed E-state index contributed by atoms with van der Waals surface area (Å²) >= 11 is 0. The number of ether oxygens (including phenoxy) is 1. The quantitative estimate of drug-likeness (QED) is 0.740. The zero-order chi connectivity index (χ0) is 18.6. The minimum absolute atomic E-state index is 0.311. The van der Waals surface area contributed by atoms with E-state index in [1.807, 2.05) is 0 Å². The molecule has 2 unspecified atom stereocenters. The lowest BCUT2D eigenvalue weighted by Crippen LogP contribution is -2.46. The predicted molar refractivity (Wildman–Crippen MR) is 91.4 cm³/mol. The number of carbonyl (C=O) groups is 2. The van der Waals surface area contributed by atoms with Gasteiger partial charge in [-0.1, -0.05) is 6.07 Å². The highest BCUT2D eigenvalue weighted by Gasteiger charge is 2.31. The summed E-state index contributed by atoms with van der Waals surface area (Å²) in [7, 11) is 0. The number of aromatic nitrogens is 1. The van der Waals surface area contributed by atoms with E-state index in [9.17, 15) is 19.8 Å². The number of aliphatic carboxylic acids is 1. The Kier molecular flexibility index (Phi) is 5.84. The third-order valence-corrected chi connectivity index (χ3v) is 3.80. The predicted octanol–water partition coefficient (Wildman–Crippen LogP) is 1.69. The minimum atomic E-state index is -1.53. The summed E-state index contributed by atoms with van der Waals surface area (Å²) in [6.45, 7) is 6.87. The average Bonchev–Trinajstić information content (AvgIpc) is 3.04. The topological polar surface area (TPSA) is 112 Å². The average molecular weight is 351 g/mol. The number of hydrogen-bond donors (Lipinski definition) is 3. The number of anilines is 1. The molecule has 1 saturated heterocycles. The molecular formula is C17H25N3O5. The van der Waals surface area contributed by atoms with E-state index in [-0.39, 0.29) is 0 Å². The Labute approximate surface area is 146 Å². The first kappa shape index (κ1) is 19.0. The molecule has 0 aliphatic carbocycles. The zero-order valence-electron chi connectivity index (χ0n) is 14.7. The Morgan fingerprint density at radius 2 is 1.92 bits per heavy atom.